The van der Waals surface area contributed by atoms with E-state index in [9.17, 15) is 0 Å². The summed E-state index contributed by atoms with van der Waals surface area (Å²) >= 11 is 1.75. The zero-order chi connectivity index (χ0) is 14.8. The van der Waals surface area contributed by atoms with Gasteiger partial charge in [0.2, 0.25) is 0 Å². The van der Waals surface area contributed by atoms with Crippen molar-refractivity contribution in [3.8, 4) is 0 Å². The third-order valence-electron chi connectivity index (χ3n) is 3.86. The van der Waals surface area contributed by atoms with Crippen molar-refractivity contribution in [3.05, 3.63) is 28.8 Å². The van der Waals surface area contributed by atoms with Crippen molar-refractivity contribution in [1.29, 1.82) is 0 Å². The standard InChI is InChI=1S/C15H23N5S/c1-11-10-20-6-4-5-12(14(20)18-11)7-16-8-13-9-17-15(21-13)19(2)3/h9-10,12,16H,4-8H2,1-3H3. The zero-order valence-corrected chi connectivity index (χ0v) is 13.8. The molecule has 21 heavy (non-hydrogen) atoms. The Bertz CT molecular complexity index is 601. The molecule has 0 saturated carbocycles. The molecule has 0 spiro atoms. The number of hydrogen-bond acceptors (Lipinski definition) is 5. The minimum atomic E-state index is 0.536. The van der Waals surface area contributed by atoms with Crippen molar-refractivity contribution < 1.29 is 0 Å². The molecule has 1 N–H and O–H groups in total. The number of rotatable bonds is 5. The van der Waals surface area contributed by atoms with Crippen molar-refractivity contribution in [3.63, 3.8) is 0 Å². The normalized spacial score (nSPS) is 17.8. The maximum Gasteiger partial charge on any atom is 0.185 e. The van der Waals surface area contributed by atoms with Gasteiger partial charge in [0.15, 0.2) is 5.13 Å². The number of hydrogen-bond donors (Lipinski definition) is 1. The first-order valence-corrected chi connectivity index (χ1v) is 8.31. The van der Waals surface area contributed by atoms with Gasteiger partial charge in [0, 0.05) is 56.9 Å². The second-order valence-electron chi connectivity index (χ2n) is 5.91. The molecular formula is C15H23N5S. The molecule has 6 heteroatoms. The van der Waals surface area contributed by atoms with E-state index in [0.717, 1.165) is 30.5 Å². The van der Waals surface area contributed by atoms with Crippen LogP contribution in [0.1, 0.15) is 35.2 Å². The van der Waals surface area contributed by atoms with Crippen molar-refractivity contribution >= 4 is 16.5 Å². The smallest absolute Gasteiger partial charge is 0.185 e. The highest BCUT2D eigenvalue weighted by Crippen LogP contribution is 2.26. The molecule has 0 bridgehead atoms. The molecule has 0 fully saturated rings. The van der Waals surface area contributed by atoms with E-state index in [-0.39, 0.29) is 0 Å². The molecule has 3 rings (SSSR count). The van der Waals surface area contributed by atoms with Gasteiger partial charge in [0.05, 0.1) is 5.69 Å². The van der Waals surface area contributed by atoms with Crippen LogP contribution in [0.4, 0.5) is 5.13 Å². The minimum absolute atomic E-state index is 0.536. The summed E-state index contributed by atoms with van der Waals surface area (Å²) in [6, 6.07) is 0. The highest BCUT2D eigenvalue weighted by molar-refractivity contribution is 7.15. The molecule has 0 amide bonds. The van der Waals surface area contributed by atoms with E-state index in [0.29, 0.717) is 5.92 Å². The fraction of sp³-hybridized carbons (Fsp3) is 0.600. The fourth-order valence-corrected chi connectivity index (χ4v) is 3.66. The lowest BCUT2D eigenvalue weighted by Crippen LogP contribution is -2.26. The first-order chi connectivity index (χ1) is 10.1. The fourth-order valence-electron chi connectivity index (χ4n) is 2.86. The summed E-state index contributed by atoms with van der Waals surface area (Å²) in [5.74, 6) is 1.79. The second-order valence-corrected chi connectivity index (χ2v) is 7.00. The van der Waals surface area contributed by atoms with E-state index in [1.54, 1.807) is 11.3 Å². The predicted octanol–water partition coefficient (Wildman–Crippen LogP) is 2.38. The van der Waals surface area contributed by atoms with Crippen molar-refractivity contribution in [2.75, 3.05) is 25.5 Å². The van der Waals surface area contributed by atoms with Crippen molar-refractivity contribution in [2.24, 2.45) is 0 Å². The number of aryl methyl sites for hydroxylation is 2. The Hall–Kier alpha value is -1.40. The summed E-state index contributed by atoms with van der Waals surface area (Å²) in [4.78, 5) is 12.4. The summed E-state index contributed by atoms with van der Waals surface area (Å²) in [5, 5.41) is 4.64. The molecule has 0 saturated heterocycles. The molecule has 5 nitrogen and oxygen atoms in total. The van der Waals surface area contributed by atoms with Gasteiger partial charge in [-0.25, -0.2) is 9.97 Å². The molecule has 2 aromatic rings. The third-order valence-corrected chi connectivity index (χ3v) is 5.02. The summed E-state index contributed by atoms with van der Waals surface area (Å²) in [5.41, 5.74) is 1.13. The number of imidazole rings is 1. The molecule has 1 unspecified atom stereocenters. The average Bonchev–Trinajstić information content (AvgIpc) is 3.04. The van der Waals surface area contributed by atoms with Gasteiger partial charge in [-0.05, 0) is 19.8 Å². The van der Waals surface area contributed by atoms with E-state index in [1.807, 2.05) is 20.3 Å². The highest BCUT2D eigenvalue weighted by Gasteiger charge is 2.21. The average molecular weight is 305 g/mol. The van der Waals surface area contributed by atoms with E-state index >= 15 is 0 Å². The largest absolute Gasteiger partial charge is 0.354 e. The van der Waals surface area contributed by atoms with E-state index in [4.69, 9.17) is 4.98 Å². The number of thiazole rings is 1. The van der Waals surface area contributed by atoms with Crippen LogP contribution in [0.3, 0.4) is 0 Å². The predicted molar refractivity (Wildman–Crippen MR) is 87.1 cm³/mol. The van der Waals surface area contributed by atoms with Crippen LogP contribution in [0.15, 0.2) is 12.4 Å². The van der Waals surface area contributed by atoms with Crippen LogP contribution in [0.25, 0.3) is 0 Å². The Balaban J connectivity index is 1.56. The monoisotopic (exact) mass is 305 g/mol. The van der Waals surface area contributed by atoms with Gasteiger partial charge in [-0.3, -0.25) is 0 Å². The number of nitrogens with zero attached hydrogens (tertiary/aromatic N) is 4. The highest BCUT2D eigenvalue weighted by atomic mass is 32.1. The quantitative estimate of drug-likeness (QED) is 0.921. The number of nitrogens with one attached hydrogen (secondary N) is 1. The zero-order valence-electron chi connectivity index (χ0n) is 13.0. The van der Waals surface area contributed by atoms with Crippen LogP contribution in [-0.2, 0) is 13.1 Å². The Kier molecular flexibility index (Phi) is 4.26. The van der Waals surface area contributed by atoms with Gasteiger partial charge in [0.1, 0.15) is 5.82 Å². The SMILES string of the molecule is Cc1cn2c(n1)C(CNCc1cnc(N(C)C)s1)CCC2. The van der Waals surface area contributed by atoms with Crippen LogP contribution in [-0.4, -0.2) is 35.2 Å². The molecule has 1 aliphatic heterocycles. The number of aromatic nitrogens is 3. The van der Waals surface area contributed by atoms with Gasteiger partial charge in [-0.15, -0.1) is 11.3 Å². The molecule has 114 valence electrons. The lowest BCUT2D eigenvalue weighted by atomic mass is 9.99. The molecule has 1 atom stereocenters. The van der Waals surface area contributed by atoms with Gasteiger partial charge in [-0.1, -0.05) is 0 Å². The Morgan fingerprint density at radius 2 is 2.33 bits per heavy atom. The lowest BCUT2D eigenvalue weighted by molar-refractivity contribution is 0.423. The summed E-state index contributed by atoms with van der Waals surface area (Å²) < 4.78 is 2.32. The molecule has 2 aromatic heterocycles. The van der Waals surface area contributed by atoms with E-state index < -0.39 is 0 Å². The summed E-state index contributed by atoms with van der Waals surface area (Å²) in [7, 11) is 4.06. The molecule has 1 aliphatic rings. The number of fused-ring (bicyclic) bond motifs is 1. The molecule has 3 heterocycles. The Labute approximate surface area is 130 Å². The van der Waals surface area contributed by atoms with Crippen LogP contribution in [0.2, 0.25) is 0 Å². The minimum Gasteiger partial charge on any atom is -0.354 e. The van der Waals surface area contributed by atoms with Gasteiger partial charge >= 0.3 is 0 Å². The van der Waals surface area contributed by atoms with Gasteiger partial charge < -0.3 is 14.8 Å². The maximum absolute atomic E-state index is 4.69. The number of anilines is 1. The van der Waals surface area contributed by atoms with Gasteiger partial charge in [-0.2, -0.15) is 0 Å². The maximum atomic E-state index is 4.69. The molecule has 0 radical (unpaired) electrons. The first kappa shape index (κ1) is 14.5. The van der Waals surface area contributed by atoms with Gasteiger partial charge in [0.25, 0.3) is 0 Å². The van der Waals surface area contributed by atoms with Crippen LogP contribution < -0.4 is 10.2 Å². The van der Waals surface area contributed by atoms with Crippen molar-refractivity contribution in [1.82, 2.24) is 19.9 Å². The lowest BCUT2D eigenvalue weighted by Gasteiger charge is -2.23. The van der Waals surface area contributed by atoms with Crippen LogP contribution in [0.5, 0.6) is 0 Å². The topological polar surface area (TPSA) is 46.0 Å². The van der Waals surface area contributed by atoms with Crippen molar-refractivity contribution in [2.45, 2.75) is 38.8 Å². The second kappa shape index (κ2) is 6.15. The summed E-state index contributed by atoms with van der Waals surface area (Å²) in [6.07, 6.45) is 6.63. The van der Waals surface area contributed by atoms with E-state index in [2.05, 4.69) is 32.9 Å². The van der Waals surface area contributed by atoms with Crippen LogP contribution >= 0.6 is 11.3 Å². The van der Waals surface area contributed by atoms with Crippen LogP contribution in [0, 0.1) is 6.92 Å². The molecular weight excluding hydrogens is 282 g/mol. The molecule has 0 aromatic carbocycles. The Morgan fingerprint density at radius 3 is 3.10 bits per heavy atom. The Morgan fingerprint density at radius 1 is 1.48 bits per heavy atom. The summed E-state index contributed by atoms with van der Waals surface area (Å²) in [6.45, 7) is 5.08. The molecule has 0 aliphatic carbocycles. The van der Waals surface area contributed by atoms with E-state index in [1.165, 1.54) is 23.5 Å². The third kappa shape index (κ3) is 3.27. The first-order valence-electron chi connectivity index (χ1n) is 7.50.